The van der Waals surface area contributed by atoms with Crippen molar-refractivity contribution in [2.45, 2.75) is 12.5 Å². The van der Waals surface area contributed by atoms with Crippen LogP contribution in [-0.4, -0.2) is 24.2 Å². The van der Waals surface area contributed by atoms with E-state index in [1.165, 1.54) is 24.4 Å². The molecule has 2 heterocycles. The monoisotopic (exact) mass is 321 g/mol. The Hall–Kier alpha value is -2.57. The summed E-state index contributed by atoms with van der Waals surface area (Å²) in [6.07, 6.45) is 2.76. The predicted molar refractivity (Wildman–Crippen MR) is 78.4 cm³/mol. The predicted octanol–water partition coefficient (Wildman–Crippen LogP) is 2.76. The molecule has 1 unspecified atom stereocenters. The molecule has 1 aromatic heterocycles. The first-order valence-corrected chi connectivity index (χ1v) is 7.10. The summed E-state index contributed by atoms with van der Waals surface area (Å²) >= 11 is 0. The van der Waals surface area contributed by atoms with Crippen LogP contribution in [0.2, 0.25) is 0 Å². The number of hydrogen-bond donors (Lipinski definition) is 1. The number of ether oxygens (including phenoxy) is 1. The minimum atomic E-state index is -0.951. The third-order valence-electron chi connectivity index (χ3n) is 3.44. The number of hydrogen-bond acceptors (Lipinski definition) is 4. The van der Waals surface area contributed by atoms with Crippen molar-refractivity contribution in [1.29, 1.82) is 0 Å². The quantitative estimate of drug-likeness (QED) is 0.942. The zero-order valence-electron chi connectivity index (χ0n) is 12.1. The highest BCUT2D eigenvalue weighted by molar-refractivity contribution is 5.75. The van der Waals surface area contributed by atoms with Gasteiger partial charge in [0.1, 0.15) is 12.4 Å². The highest BCUT2D eigenvalue weighted by Gasteiger charge is 2.22. The minimum absolute atomic E-state index is 0.118. The van der Waals surface area contributed by atoms with Gasteiger partial charge in [0, 0.05) is 11.8 Å². The zero-order valence-corrected chi connectivity index (χ0v) is 12.1. The second kappa shape index (κ2) is 6.68. The SMILES string of the molecule is Fc1cncc(CC(NC2=NCCO2)c2cccc(F)c2F)c1. The van der Waals surface area contributed by atoms with E-state index in [1.807, 2.05) is 0 Å². The number of benzene rings is 1. The third kappa shape index (κ3) is 3.61. The van der Waals surface area contributed by atoms with Crippen molar-refractivity contribution in [2.24, 2.45) is 4.99 Å². The summed E-state index contributed by atoms with van der Waals surface area (Å²) in [6.45, 7) is 0.935. The van der Waals surface area contributed by atoms with Crippen LogP contribution in [-0.2, 0) is 11.2 Å². The van der Waals surface area contributed by atoms with Crippen molar-refractivity contribution in [1.82, 2.24) is 10.3 Å². The van der Waals surface area contributed by atoms with Crippen LogP contribution < -0.4 is 5.32 Å². The summed E-state index contributed by atoms with van der Waals surface area (Å²) in [4.78, 5) is 7.86. The van der Waals surface area contributed by atoms with Gasteiger partial charge >= 0.3 is 0 Å². The van der Waals surface area contributed by atoms with E-state index in [2.05, 4.69) is 15.3 Å². The second-order valence-corrected chi connectivity index (χ2v) is 5.09. The largest absolute Gasteiger partial charge is 0.463 e. The van der Waals surface area contributed by atoms with Crippen LogP contribution in [0.4, 0.5) is 13.2 Å². The topological polar surface area (TPSA) is 46.5 Å². The van der Waals surface area contributed by atoms with Crippen LogP contribution in [0.3, 0.4) is 0 Å². The fourth-order valence-electron chi connectivity index (χ4n) is 2.40. The van der Waals surface area contributed by atoms with Crippen LogP contribution in [0.25, 0.3) is 0 Å². The van der Waals surface area contributed by atoms with Gasteiger partial charge in [-0.3, -0.25) is 4.98 Å². The molecule has 0 bridgehead atoms. The first-order valence-electron chi connectivity index (χ1n) is 7.10. The molecule has 3 rings (SSSR count). The Labute approximate surface area is 131 Å². The summed E-state index contributed by atoms with van der Waals surface area (Å²) in [6, 6.07) is 4.84. The molecule has 0 fully saturated rings. The van der Waals surface area contributed by atoms with Gasteiger partial charge in [-0.15, -0.1) is 0 Å². The number of halogens is 3. The van der Waals surface area contributed by atoms with Crippen LogP contribution in [0.5, 0.6) is 0 Å². The van der Waals surface area contributed by atoms with E-state index in [0.29, 0.717) is 18.7 Å². The van der Waals surface area contributed by atoms with Crippen LogP contribution in [0, 0.1) is 17.5 Å². The minimum Gasteiger partial charge on any atom is -0.463 e. The van der Waals surface area contributed by atoms with Crippen LogP contribution in [0.1, 0.15) is 17.2 Å². The van der Waals surface area contributed by atoms with Crippen molar-refractivity contribution < 1.29 is 17.9 Å². The van der Waals surface area contributed by atoms with E-state index < -0.39 is 23.5 Å². The van der Waals surface area contributed by atoms with Gasteiger partial charge in [0.2, 0.25) is 0 Å². The lowest BCUT2D eigenvalue weighted by atomic mass is 9.99. The van der Waals surface area contributed by atoms with E-state index in [4.69, 9.17) is 4.74 Å². The maximum absolute atomic E-state index is 14.1. The summed E-state index contributed by atoms with van der Waals surface area (Å²) in [5.74, 6) is -2.38. The Bertz CT molecular complexity index is 736. The zero-order chi connectivity index (χ0) is 16.2. The molecule has 0 aliphatic carbocycles. The average Bonchev–Trinajstić information content (AvgIpc) is 3.02. The van der Waals surface area contributed by atoms with E-state index in [-0.39, 0.29) is 18.0 Å². The summed E-state index contributed by atoms with van der Waals surface area (Å²) < 4.78 is 46.2. The molecule has 0 amide bonds. The summed E-state index contributed by atoms with van der Waals surface area (Å²) in [5, 5.41) is 2.94. The highest BCUT2D eigenvalue weighted by Crippen LogP contribution is 2.23. The molecule has 7 heteroatoms. The van der Waals surface area contributed by atoms with Crippen molar-refractivity contribution in [3.63, 3.8) is 0 Å². The number of amidine groups is 1. The van der Waals surface area contributed by atoms with E-state index in [0.717, 1.165) is 12.3 Å². The number of aromatic nitrogens is 1. The standard InChI is InChI=1S/C16H14F3N3O/c17-11-6-10(8-20-9-11)7-14(22-16-21-4-5-23-16)12-2-1-3-13(18)15(12)19/h1-3,6,8-9,14H,4-5,7H2,(H,21,22). The summed E-state index contributed by atoms with van der Waals surface area (Å²) in [7, 11) is 0. The molecule has 4 nitrogen and oxygen atoms in total. The van der Waals surface area contributed by atoms with Crippen molar-refractivity contribution in [3.05, 3.63) is 65.2 Å². The van der Waals surface area contributed by atoms with E-state index in [9.17, 15) is 13.2 Å². The molecule has 0 saturated heterocycles. The number of aliphatic imine (C=N–C) groups is 1. The fourth-order valence-corrected chi connectivity index (χ4v) is 2.40. The normalized spacial score (nSPS) is 15.0. The van der Waals surface area contributed by atoms with Gasteiger partial charge in [-0.25, -0.2) is 18.2 Å². The van der Waals surface area contributed by atoms with Gasteiger partial charge in [0.25, 0.3) is 6.02 Å². The molecule has 1 N–H and O–H groups in total. The van der Waals surface area contributed by atoms with E-state index >= 15 is 0 Å². The second-order valence-electron chi connectivity index (χ2n) is 5.09. The Morgan fingerprint density at radius 2 is 2.09 bits per heavy atom. The lowest BCUT2D eigenvalue weighted by Crippen LogP contribution is -2.31. The maximum atomic E-state index is 14.1. The van der Waals surface area contributed by atoms with Gasteiger partial charge in [-0.2, -0.15) is 0 Å². The Morgan fingerprint density at radius 1 is 1.22 bits per heavy atom. The van der Waals surface area contributed by atoms with Crippen molar-refractivity contribution in [2.75, 3.05) is 13.2 Å². The molecule has 2 aromatic rings. The first-order chi connectivity index (χ1) is 11.1. The highest BCUT2D eigenvalue weighted by atomic mass is 19.2. The number of nitrogens with zero attached hydrogens (tertiary/aromatic N) is 2. The molecule has 0 radical (unpaired) electrons. The van der Waals surface area contributed by atoms with E-state index in [1.54, 1.807) is 0 Å². The van der Waals surface area contributed by atoms with Gasteiger partial charge < -0.3 is 10.1 Å². The van der Waals surface area contributed by atoms with Gasteiger partial charge in [0.05, 0.1) is 18.8 Å². The molecule has 120 valence electrons. The Morgan fingerprint density at radius 3 is 2.83 bits per heavy atom. The molecule has 1 aromatic carbocycles. The molecule has 0 saturated carbocycles. The molecule has 1 atom stereocenters. The molecule has 23 heavy (non-hydrogen) atoms. The Kier molecular flexibility index (Phi) is 4.45. The summed E-state index contributed by atoms with van der Waals surface area (Å²) in [5.41, 5.74) is 0.664. The Balaban J connectivity index is 1.91. The molecular formula is C16H14F3N3O. The van der Waals surface area contributed by atoms with Crippen molar-refractivity contribution in [3.8, 4) is 0 Å². The fraction of sp³-hybridized carbons (Fsp3) is 0.250. The number of rotatable bonds is 4. The molecule has 0 spiro atoms. The molecular weight excluding hydrogens is 307 g/mol. The van der Waals surface area contributed by atoms with Crippen molar-refractivity contribution >= 4 is 6.02 Å². The number of pyridine rings is 1. The lowest BCUT2D eigenvalue weighted by molar-refractivity contribution is 0.323. The van der Waals surface area contributed by atoms with Crippen LogP contribution >= 0.6 is 0 Å². The maximum Gasteiger partial charge on any atom is 0.285 e. The molecule has 1 aliphatic heterocycles. The number of nitrogens with one attached hydrogen (secondary N) is 1. The van der Waals surface area contributed by atoms with Crippen LogP contribution in [0.15, 0.2) is 41.7 Å². The van der Waals surface area contributed by atoms with Gasteiger partial charge in [-0.1, -0.05) is 12.1 Å². The van der Waals surface area contributed by atoms with Gasteiger partial charge in [0.15, 0.2) is 11.6 Å². The first kappa shape index (κ1) is 15.3. The smallest absolute Gasteiger partial charge is 0.285 e. The average molecular weight is 321 g/mol. The van der Waals surface area contributed by atoms with Gasteiger partial charge in [-0.05, 0) is 24.1 Å². The lowest BCUT2D eigenvalue weighted by Gasteiger charge is -2.20. The molecule has 1 aliphatic rings. The third-order valence-corrected chi connectivity index (χ3v) is 3.44.